The minimum absolute atomic E-state index is 0.0447. The molecule has 146 valence electrons. The molecule has 1 amide bonds. The van der Waals surface area contributed by atoms with Gasteiger partial charge in [-0.1, -0.05) is 41.6 Å². The molecule has 0 fully saturated rings. The first-order valence-corrected chi connectivity index (χ1v) is 10.3. The molecular formula is C22H25N3O2S. The third-order valence-electron chi connectivity index (χ3n) is 4.57. The Balaban J connectivity index is 1.84. The van der Waals surface area contributed by atoms with Crippen molar-refractivity contribution in [1.29, 1.82) is 0 Å². The molecule has 0 saturated heterocycles. The maximum atomic E-state index is 12.9. The summed E-state index contributed by atoms with van der Waals surface area (Å²) in [6, 6.07) is 11.4. The molecule has 1 heterocycles. The highest BCUT2D eigenvalue weighted by Gasteiger charge is 2.16. The summed E-state index contributed by atoms with van der Waals surface area (Å²) >= 11 is 1.29. The largest absolute Gasteiger partial charge is 0.325 e. The fraction of sp³-hybridized carbons (Fsp3) is 0.318. The summed E-state index contributed by atoms with van der Waals surface area (Å²) < 4.78 is 1.66. The van der Waals surface area contributed by atoms with Crippen LogP contribution in [0.4, 0.5) is 5.69 Å². The van der Waals surface area contributed by atoms with Gasteiger partial charge in [0.1, 0.15) is 0 Å². The zero-order valence-electron chi connectivity index (χ0n) is 16.9. The van der Waals surface area contributed by atoms with Crippen molar-refractivity contribution in [2.75, 3.05) is 11.1 Å². The lowest BCUT2D eigenvalue weighted by Crippen LogP contribution is -2.25. The molecule has 3 aromatic rings. The number of amides is 1. The second-order valence-electron chi connectivity index (χ2n) is 7.29. The van der Waals surface area contributed by atoms with Gasteiger partial charge in [-0.05, 0) is 57.9 Å². The van der Waals surface area contributed by atoms with Crippen LogP contribution in [0.15, 0.2) is 46.3 Å². The Morgan fingerprint density at radius 2 is 1.79 bits per heavy atom. The lowest BCUT2D eigenvalue weighted by atomic mass is 10.1. The van der Waals surface area contributed by atoms with Crippen LogP contribution in [0.2, 0.25) is 0 Å². The number of nitrogens with one attached hydrogen (secondary N) is 1. The Hall–Kier alpha value is -2.60. The molecule has 28 heavy (non-hydrogen) atoms. The van der Waals surface area contributed by atoms with Crippen molar-refractivity contribution in [2.24, 2.45) is 0 Å². The zero-order chi connectivity index (χ0) is 20.4. The van der Waals surface area contributed by atoms with Crippen LogP contribution in [0, 0.1) is 20.8 Å². The van der Waals surface area contributed by atoms with Crippen molar-refractivity contribution in [3.8, 4) is 0 Å². The van der Waals surface area contributed by atoms with Gasteiger partial charge in [0.25, 0.3) is 5.56 Å². The second kappa shape index (κ2) is 8.19. The molecule has 0 spiro atoms. The first-order chi connectivity index (χ1) is 13.3. The average molecular weight is 396 g/mol. The summed E-state index contributed by atoms with van der Waals surface area (Å²) in [5.41, 5.74) is 4.68. The molecule has 1 aromatic heterocycles. The van der Waals surface area contributed by atoms with Gasteiger partial charge in [0.2, 0.25) is 5.91 Å². The molecule has 0 aliphatic rings. The topological polar surface area (TPSA) is 64.0 Å². The average Bonchev–Trinajstić information content (AvgIpc) is 2.62. The van der Waals surface area contributed by atoms with Crippen molar-refractivity contribution in [2.45, 2.75) is 45.8 Å². The van der Waals surface area contributed by atoms with E-state index >= 15 is 0 Å². The van der Waals surface area contributed by atoms with Gasteiger partial charge in [-0.2, -0.15) is 0 Å². The molecule has 1 N–H and O–H groups in total. The van der Waals surface area contributed by atoms with E-state index in [9.17, 15) is 9.59 Å². The smallest absolute Gasteiger partial charge is 0.262 e. The lowest BCUT2D eigenvalue weighted by Gasteiger charge is -2.16. The minimum atomic E-state index is -0.113. The predicted molar refractivity (Wildman–Crippen MR) is 116 cm³/mol. The Labute approximate surface area is 169 Å². The van der Waals surface area contributed by atoms with E-state index in [4.69, 9.17) is 0 Å². The van der Waals surface area contributed by atoms with Crippen LogP contribution in [-0.4, -0.2) is 21.2 Å². The number of carbonyl (C=O) groups excluding carboxylic acids is 1. The molecule has 0 aliphatic carbocycles. The summed E-state index contributed by atoms with van der Waals surface area (Å²) in [5.74, 6) is 0.0716. The molecule has 0 saturated carbocycles. The van der Waals surface area contributed by atoms with Crippen LogP contribution >= 0.6 is 11.8 Å². The molecule has 0 unspecified atom stereocenters. The fourth-order valence-electron chi connectivity index (χ4n) is 3.37. The Morgan fingerprint density at radius 3 is 2.43 bits per heavy atom. The van der Waals surface area contributed by atoms with Gasteiger partial charge in [-0.25, -0.2) is 4.98 Å². The summed E-state index contributed by atoms with van der Waals surface area (Å²) in [5, 5.41) is 4.16. The van der Waals surface area contributed by atoms with Gasteiger partial charge < -0.3 is 5.32 Å². The minimum Gasteiger partial charge on any atom is -0.325 e. The number of rotatable bonds is 5. The SMILES string of the molecule is Cc1cc(C)c(NC(=O)CSc2nc3ccccc3c(=O)n2C(C)C)c(C)c1. The number of benzene rings is 2. The standard InChI is InChI=1S/C22H25N3O2S/c1-13(2)25-21(27)17-8-6-7-9-18(17)23-22(25)28-12-19(26)24-20-15(4)10-14(3)11-16(20)5/h6-11,13H,12H2,1-5H3,(H,24,26). The monoisotopic (exact) mass is 395 g/mol. The lowest BCUT2D eigenvalue weighted by molar-refractivity contribution is -0.113. The van der Waals surface area contributed by atoms with Crippen LogP contribution in [0.3, 0.4) is 0 Å². The van der Waals surface area contributed by atoms with E-state index in [0.717, 1.165) is 16.8 Å². The molecular weight excluding hydrogens is 370 g/mol. The number of aromatic nitrogens is 2. The molecule has 5 nitrogen and oxygen atoms in total. The van der Waals surface area contributed by atoms with Crippen molar-refractivity contribution in [1.82, 2.24) is 9.55 Å². The van der Waals surface area contributed by atoms with Gasteiger partial charge in [0.05, 0.1) is 16.7 Å². The highest BCUT2D eigenvalue weighted by molar-refractivity contribution is 7.99. The maximum Gasteiger partial charge on any atom is 0.262 e. The number of thioether (sulfide) groups is 1. The summed E-state index contributed by atoms with van der Waals surface area (Å²) in [6.45, 7) is 9.91. The van der Waals surface area contributed by atoms with Gasteiger partial charge >= 0.3 is 0 Å². The van der Waals surface area contributed by atoms with E-state index in [1.165, 1.54) is 17.3 Å². The van der Waals surface area contributed by atoms with Crippen LogP contribution in [0.5, 0.6) is 0 Å². The first-order valence-electron chi connectivity index (χ1n) is 9.29. The van der Waals surface area contributed by atoms with E-state index in [0.29, 0.717) is 16.1 Å². The summed E-state index contributed by atoms with van der Waals surface area (Å²) in [6.07, 6.45) is 0. The third kappa shape index (κ3) is 4.12. The van der Waals surface area contributed by atoms with Crippen molar-refractivity contribution < 1.29 is 4.79 Å². The van der Waals surface area contributed by atoms with Crippen molar-refractivity contribution in [3.05, 3.63) is 63.4 Å². The number of para-hydroxylation sites is 1. The number of aryl methyl sites for hydroxylation is 3. The third-order valence-corrected chi connectivity index (χ3v) is 5.52. The molecule has 0 bridgehead atoms. The van der Waals surface area contributed by atoms with E-state index in [1.807, 2.05) is 52.8 Å². The van der Waals surface area contributed by atoms with E-state index < -0.39 is 0 Å². The number of fused-ring (bicyclic) bond motifs is 1. The predicted octanol–water partition coefficient (Wildman–Crippen LogP) is 4.63. The molecule has 0 aliphatic heterocycles. The summed E-state index contributed by atoms with van der Waals surface area (Å²) in [4.78, 5) is 30.0. The Kier molecular flexibility index (Phi) is 5.89. The number of hydrogen-bond donors (Lipinski definition) is 1. The molecule has 3 rings (SSSR count). The number of hydrogen-bond acceptors (Lipinski definition) is 4. The van der Waals surface area contributed by atoms with Gasteiger partial charge in [-0.3, -0.25) is 14.2 Å². The van der Waals surface area contributed by atoms with Gasteiger partial charge in [0.15, 0.2) is 5.16 Å². The van der Waals surface area contributed by atoms with Crippen LogP contribution in [0.25, 0.3) is 10.9 Å². The first kappa shape index (κ1) is 20.1. The fourth-order valence-corrected chi connectivity index (χ4v) is 4.29. The Bertz CT molecular complexity index is 1080. The maximum absolute atomic E-state index is 12.9. The highest BCUT2D eigenvalue weighted by Crippen LogP contribution is 2.24. The number of nitrogens with zero attached hydrogens (tertiary/aromatic N) is 2. The molecule has 0 atom stereocenters. The van der Waals surface area contributed by atoms with Crippen molar-refractivity contribution in [3.63, 3.8) is 0 Å². The van der Waals surface area contributed by atoms with Crippen molar-refractivity contribution >= 4 is 34.3 Å². The zero-order valence-corrected chi connectivity index (χ0v) is 17.7. The van der Waals surface area contributed by atoms with E-state index in [2.05, 4.69) is 22.4 Å². The normalized spacial score (nSPS) is 11.2. The van der Waals surface area contributed by atoms with Crippen LogP contribution in [0.1, 0.15) is 36.6 Å². The van der Waals surface area contributed by atoms with E-state index in [-0.39, 0.29) is 23.3 Å². The Morgan fingerprint density at radius 1 is 1.14 bits per heavy atom. The second-order valence-corrected chi connectivity index (χ2v) is 8.23. The quantitative estimate of drug-likeness (QED) is 0.505. The molecule has 0 radical (unpaired) electrons. The highest BCUT2D eigenvalue weighted by atomic mass is 32.2. The van der Waals surface area contributed by atoms with E-state index in [1.54, 1.807) is 10.6 Å². The van der Waals surface area contributed by atoms with Gasteiger partial charge in [-0.15, -0.1) is 0 Å². The number of carbonyl (C=O) groups is 1. The van der Waals surface area contributed by atoms with Crippen LogP contribution in [-0.2, 0) is 4.79 Å². The number of anilines is 1. The van der Waals surface area contributed by atoms with Gasteiger partial charge in [0, 0.05) is 11.7 Å². The van der Waals surface area contributed by atoms with Crippen LogP contribution < -0.4 is 10.9 Å². The molecule has 2 aromatic carbocycles. The summed E-state index contributed by atoms with van der Waals surface area (Å²) in [7, 11) is 0. The molecule has 6 heteroatoms.